The number of benzene rings is 1. The fourth-order valence-corrected chi connectivity index (χ4v) is 2.82. The Morgan fingerprint density at radius 1 is 1.26 bits per heavy atom. The van der Waals surface area contributed by atoms with E-state index >= 15 is 0 Å². The maximum atomic E-state index is 12.0. The fourth-order valence-electron chi connectivity index (χ4n) is 2.11. The van der Waals surface area contributed by atoms with Crippen molar-refractivity contribution in [3.05, 3.63) is 52.5 Å². The minimum absolute atomic E-state index is 0.0120. The van der Waals surface area contributed by atoms with Crippen LogP contribution in [0.2, 0.25) is 0 Å². The first-order valence-corrected chi connectivity index (χ1v) is 7.98. The Balaban J connectivity index is 1.94. The number of carbonyl (C=O) groups is 1. The van der Waals surface area contributed by atoms with Gasteiger partial charge in [-0.2, -0.15) is 11.3 Å². The predicted molar refractivity (Wildman–Crippen MR) is 92.5 cm³/mol. The van der Waals surface area contributed by atoms with Crippen LogP contribution in [0.3, 0.4) is 0 Å². The summed E-state index contributed by atoms with van der Waals surface area (Å²) in [5.41, 5.74) is 0.907. The molecular formula is C17H14BNO3S. The third kappa shape index (κ3) is 3.53. The van der Waals surface area contributed by atoms with Gasteiger partial charge in [0, 0.05) is 4.88 Å². The van der Waals surface area contributed by atoms with Gasteiger partial charge in [0.2, 0.25) is 5.90 Å². The van der Waals surface area contributed by atoms with Gasteiger partial charge in [0.25, 0.3) is 0 Å². The number of rotatable bonds is 4. The number of hydrogen-bond acceptors (Lipinski definition) is 5. The van der Waals surface area contributed by atoms with E-state index in [0.29, 0.717) is 16.1 Å². The van der Waals surface area contributed by atoms with Gasteiger partial charge >= 0.3 is 5.97 Å². The summed E-state index contributed by atoms with van der Waals surface area (Å²) < 4.78 is 11.7. The lowest BCUT2D eigenvalue weighted by Crippen LogP contribution is -2.11. The topological polar surface area (TPSA) is 47.9 Å². The van der Waals surface area contributed by atoms with E-state index in [9.17, 15) is 4.79 Å². The molecule has 3 rings (SSSR count). The molecule has 2 radical (unpaired) electrons. The molecule has 0 atom stereocenters. The molecule has 23 heavy (non-hydrogen) atoms. The lowest BCUT2D eigenvalue weighted by atomic mass is 10.1. The lowest BCUT2D eigenvalue weighted by Gasteiger charge is -2.13. The van der Waals surface area contributed by atoms with Gasteiger partial charge in [-0.15, -0.1) is 0 Å². The van der Waals surface area contributed by atoms with Crippen molar-refractivity contribution in [3.8, 4) is 5.75 Å². The second kappa shape index (κ2) is 6.42. The zero-order valence-electron chi connectivity index (χ0n) is 12.8. The Kier molecular flexibility index (Phi) is 4.34. The maximum Gasteiger partial charge on any atom is 0.363 e. The molecule has 2 aromatic rings. The Labute approximate surface area is 139 Å². The van der Waals surface area contributed by atoms with Crippen LogP contribution in [0.5, 0.6) is 5.75 Å². The zero-order chi connectivity index (χ0) is 16.4. The molecule has 0 unspecified atom stereocenters. The number of esters is 1. The summed E-state index contributed by atoms with van der Waals surface area (Å²) in [7, 11) is 5.69. The number of cyclic esters (lactones) is 1. The van der Waals surface area contributed by atoms with Gasteiger partial charge in [-0.3, -0.25) is 0 Å². The minimum Gasteiger partial charge on any atom is -0.490 e. The highest BCUT2D eigenvalue weighted by Crippen LogP contribution is 2.26. The number of nitrogens with zero attached hydrogens (tertiary/aromatic N) is 1. The number of thiophene rings is 1. The number of aliphatic imine (C=N–C) groups is 1. The normalized spacial score (nSPS) is 15.9. The van der Waals surface area contributed by atoms with Crippen molar-refractivity contribution in [2.75, 3.05) is 0 Å². The second-order valence-corrected chi connectivity index (χ2v) is 6.39. The summed E-state index contributed by atoms with van der Waals surface area (Å²) in [5, 5.41) is 0. The number of para-hydroxylation sites is 1. The third-order valence-electron chi connectivity index (χ3n) is 3.03. The van der Waals surface area contributed by atoms with Crippen LogP contribution in [0.4, 0.5) is 0 Å². The summed E-state index contributed by atoms with van der Waals surface area (Å²) in [5.74, 6) is 0.406. The molecule has 6 heteroatoms. The molecule has 114 valence electrons. The van der Waals surface area contributed by atoms with Crippen molar-refractivity contribution < 1.29 is 14.3 Å². The minimum atomic E-state index is -0.480. The third-order valence-corrected chi connectivity index (χ3v) is 3.89. The van der Waals surface area contributed by atoms with E-state index in [-0.39, 0.29) is 17.7 Å². The predicted octanol–water partition coefficient (Wildman–Crippen LogP) is 2.67. The number of ether oxygens (including phenoxy) is 2. The molecule has 0 saturated heterocycles. The van der Waals surface area contributed by atoms with Gasteiger partial charge in [0.1, 0.15) is 13.6 Å². The van der Waals surface area contributed by atoms with E-state index in [4.69, 9.17) is 17.3 Å². The number of hydrogen-bond donors (Lipinski definition) is 0. The highest BCUT2D eigenvalue weighted by molar-refractivity contribution is 7.20. The molecule has 1 aliphatic heterocycles. The van der Waals surface area contributed by atoms with E-state index in [1.165, 1.54) is 11.3 Å². The van der Waals surface area contributed by atoms with Gasteiger partial charge < -0.3 is 9.47 Å². The first-order valence-electron chi connectivity index (χ1n) is 7.17. The SMILES string of the molecule is [B]c1ccc(/C=C2\N=C(c3ccccc3OC(C)C)OC2=O)s1. The molecule has 0 saturated carbocycles. The van der Waals surface area contributed by atoms with E-state index in [2.05, 4.69) is 4.99 Å². The van der Waals surface area contributed by atoms with Crippen LogP contribution in [0.15, 0.2) is 47.1 Å². The first kappa shape index (κ1) is 15.6. The van der Waals surface area contributed by atoms with Crippen LogP contribution in [0, 0.1) is 0 Å². The second-order valence-electron chi connectivity index (χ2n) is 5.24. The van der Waals surface area contributed by atoms with Gasteiger partial charge in [0.15, 0.2) is 5.70 Å². The number of carbonyl (C=O) groups excluding carboxylic acids is 1. The molecule has 1 aromatic carbocycles. The standard InChI is InChI=1S/C17H14BNO3S/c1-10(2)21-14-6-4-3-5-12(14)16-19-13(17(20)22-16)9-11-7-8-15(18)23-11/h3-10H,1-2H3/b13-9-. The van der Waals surface area contributed by atoms with Crippen LogP contribution >= 0.6 is 11.3 Å². The molecule has 0 N–H and O–H groups in total. The summed E-state index contributed by atoms with van der Waals surface area (Å²) in [6.07, 6.45) is 1.68. The molecule has 0 bridgehead atoms. The molecule has 0 amide bonds. The summed E-state index contributed by atoms with van der Waals surface area (Å²) >= 11 is 1.38. The quantitative estimate of drug-likeness (QED) is 0.494. The van der Waals surface area contributed by atoms with Crippen LogP contribution in [-0.4, -0.2) is 25.8 Å². The van der Waals surface area contributed by atoms with Crippen LogP contribution in [-0.2, 0) is 9.53 Å². The highest BCUT2D eigenvalue weighted by atomic mass is 32.1. The molecule has 1 aromatic heterocycles. The van der Waals surface area contributed by atoms with Crippen molar-refractivity contribution >= 4 is 41.9 Å². The van der Waals surface area contributed by atoms with E-state index in [1.54, 1.807) is 12.1 Å². The largest absolute Gasteiger partial charge is 0.490 e. The fraction of sp³-hybridized carbons (Fsp3) is 0.176. The molecule has 0 spiro atoms. The molecule has 0 fully saturated rings. The van der Waals surface area contributed by atoms with Crippen LogP contribution in [0.25, 0.3) is 6.08 Å². The highest BCUT2D eigenvalue weighted by Gasteiger charge is 2.26. The van der Waals surface area contributed by atoms with E-state index in [0.717, 1.165) is 4.88 Å². The van der Waals surface area contributed by atoms with E-state index < -0.39 is 5.97 Å². The van der Waals surface area contributed by atoms with Crippen LogP contribution < -0.4 is 9.51 Å². The monoisotopic (exact) mass is 323 g/mol. The van der Waals surface area contributed by atoms with Gasteiger partial charge in [-0.05, 0) is 42.9 Å². The van der Waals surface area contributed by atoms with Crippen molar-refractivity contribution in [1.29, 1.82) is 0 Å². The Hall–Kier alpha value is -2.34. The summed E-state index contributed by atoms with van der Waals surface area (Å²) in [6, 6.07) is 11.0. The molecule has 1 aliphatic rings. The Morgan fingerprint density at radius 2 is 2.04 bits per heavy atom. The van der Waals surface area contributed by atoms with Gasteiger partial charge in [-0.25, -0.2) is 9.79 Å². The van der Waals surface area contributed by atoms with Crippen molar-refractivity contribution in [3.63, 3.8) is 0 Å². The van der Waals surface area contributed by atoms with Gasteiger partial charge in [0.05, 0.1) is 11.7 Å². The lowest BCUT2D eigenvalue weighted by molar-refractivity contribution is -0.129. The Morgan fingerprint density at radius 3 is 2.74 bits per heavy atom. The molecule has 0 aliphatic carbocycles. The molecular weight excluding hydrogens is 309 g/mol. The maximum absolute atomic E-state index is 12.0. The van der Waals surface area contributed by atoms with Crippen molar-refractivity contribution in [2.45, 2.75) is 20.0 Å². The Bertz CT molecular complexity index is 808. The van der Waals surface area contributed by atoms with Crippen molar-refractivity contribution in [1.82, 2.24) is 0 Å². The first-order chi connectivity index (χ1) is 11.0. The summed E-state index contributed by atoms with van der Waals surface area (Å²) in [4.78, 5) is 17.2. The van der Waals surface area contributed by atoms with Crippen LogP contribution in [0.1, 0.15) is 24.3 Å². The van der Waals surface area contributed by atoms with Crippen molar-refractivity contribution in [2.24, 2.45) is 4.99 Å². The zero-order valence-corrected chi connectivity index (χ0v) is 13.6. The smallest absolute Gasteiger partial charge is 0.363 e. The van der Waals surface area contributed by atoms with Gasteiger partial charge in [-0.1, -0.05) is 18.2 Å². The molecule has 2 heterocycles. The average molecular weight is 323 g/mol. The molecule has 4 nitrogen and oxygen atoms in total. The summed E-state index contributed by atoms with van der Waals surface area (Å²) in [6.45, 7) is 3.87. The average Bonchev–Trinajstić information content (AvgIpc) is 3.06. The van der Waals surface area contributed by atoms with E-state index in [1.807, 2.05) is 44.2 Å².